The number of carboxylic acid groups (broad SMARTS) is 1. The first-order chi connectivity index (χ1) is 21.4. The van der Waals surface area contributed by atoms with Crippen molar-refractivity contribution in [3.8, 4) is 0 Å². The monoisotopic (exact) mass is 625 g/mol. The maximum Gasteiger partial charge on any atom is 0.411 e. The molecule has 11 nitrogen and oxygen atoms in total. The van der Waals surface area contributed by atoms with Crippen molar-refractivity contribution in [2.24, 2.45) is 5.92 Å². The SMILES string of the molecule is CC(C)(C)OC(=O)N(CC(=O)N1CCCC(c2cccc(C(=O)N3CCN(CC4CCN(CC(=O)O)CC4)CC3)c2)C1)C1CC1. The molecule has 1 unspecified atom stereocenters. The van der Waals surface area contributed by atoms with Crippen molar-refractivity contribution in [1.29, 1.82) is 0 Å². The summed E-state index contributed by atoms with van der Waals surface area (Å²) in [6, 6.07) is 8.00. The van der Waals surface area contributed by atoms with Gasteiger partial charge >= 0.3 is 12.1 Å². The Morgan fingerprint density at radius 2 is 1.60 bits per heavy atom. The zero-order chi connectivity index (χ0) is 32.1. The third kappa shape index (κ3) is 9.42. The first-order valence-electron chi connectivity index (χ1n) is 16.8. The number of piperidine rings is 2. The molecule has 3 heterocycles. The second-order valence-corrected chi connectivity index (χ2v) is 14.3. The van der Waals surface area contributed by atoms with Gasteiger partial charge in [0.25, 0.3) is 5.91 Å². The lowest BCUT2D eigenvalue weighted by molar-refractivity contribution is -0.138. The molecule has 1 aromatic rings. The molecule has 5 rings (SSSR count). The minimum atomic E-state index is -0.761. The maximum atomic E-state index is 13.5. The summed E-state index contributed by atoms with van der Waals surface area (Å²) in [6.45, 7) is 12.7. The Bertz CT molecular complexity index is 1210. The molecule has 1 atom stereocenters. The summed E-state index contributed by atoms with van der Waals surface area (Å²) < 4.78 is 5.58. The van der Waals surface area contributed by atoms with Crippen molar-refractivity contribution in [1.82, 2.24) is 24.5 Å². The van der Waals surface area contributed by atoms with Crippen molar-refractivity contribution in [3.05, 3.63) is 35.4 Å². The number of likely N-dealkylation sites (tertiary alicyclic amines) is 2. The number of rotatable bonds is 9. The van der Waals surface area contributed by atoms with Crippen LogP contribution in [0.4, 0.5) is 4.79 Å². The van der Waals surface area contributed by atoms with Crippen molar-refractivity contribution < 1.29 is 29.0 Å². The maximum absolute atomic E-state index is 13.5. The summed E-state index contributed by atoms with van der Waals surface area (Å²) >= 11 is 0. The zero-order valence-electron chi connectivity index (χ0n) is 27.3. The average molecular weight is 626 g/mol. The molecule has 0 aromatic heterocycles. The number of benzene rings is 1. The van der Waals surface area contributed by atoms with E-state index in [9.17, 15) is 19.2 Å². The third-order valence-electron chi connectivity index (χ3n) is 9.54. The number of amides is 3. The van der Waals surface area contributed by atoms with Crippen LogP contribution in [0.15, 0.2) is 24.3 Å². The Hall–Kier alpha value is -3.18. The second kappa shape index (κ2) is 14.5. The number of hydrogen-bond acceptors (Lipinski definition) is 7. The number of hydrogen-bond donors (Lipinski definition) is 1. The molecule has 3 amide bonds. The molecule has 0 spiro atoms. The zero-order valence-corrected chi connectivity index (χ0v) is 27.3. The van der Waals surface area contributed by atoms with Crippen LogP contribution in [-0.4, -0.2) is 137 Å². The van der Waals surface area contributed by atoms with Crippen LogP contribution >= 0.6 is 0 Å². The number of carboxylic acids is 1. The number of aliphatic carboxylic acids is 1. The molecule has 0 bridgehead atoms. The predicted octanol–water partition coefficient (Wildman–Crippen LogP) is 3.35. The number of piperazine rings is 1. The lowest BCUT2D eigenvalue weighted by Crippen LogP contribution is -2.50. The van der Waals surface area contributed by atoms with E-state index in [0.717, 1.165) is 76.8 Å². The minimum absolute atomic E-state index is 0.0424. The van der Waals surface area contributed by atoms with Gasteiger partial charge in [-0.3, -0.25) is 29.1 Å². The van der Waals surface area contributed by atoms with Gasteiger partial charge in [-0.1, -0.05) is 12.1 Å². The van der Waals surface area contributed by atoms with Crippen LogP contribution in [-0.2, 0) is 14.3 Å². The topological polar surface area (TPSA) is 114 Å². The summed E-state index contributed by atoms with van der Waals surface area (Å²) in [4.78, 5) is 60.5. The summed E-state index contributed by atoms with van der Waals surface area (Å²) in [7, 11) is 0. The van der Waals surface area contributed by atoms with E-state index >= 15 is 0 Å². The van der Waals surface area contributed by atoms with Gasteiger partial charge in [-0.25, -0.2) is 4.79 Å². The van der Waals surface area contributed by atoms with Crippen LogP contribution in [0.25, 0.3) is 0 Å². The van der Waals surface area contributed by atoms with Crippen molar-refractivity contribution in [2.45, 2.75) is 76.9 Å². The standard InChI is InChI=1S/C34H51N5O6/c1-34(2,3)45-33(44)39(29-9-10-29)23-30(40)38-13-5-8-28(22-38)26-6-4-7-27(20-26)32(43)37-18-16-36(17-19-37)21-25-11-14-35(15-12-25)24-31(41)42/h4,6-7,20,25,28-29H,5,8-19,21-24H2,1-3H3,(H,41,42). The van der Waals surface area contributed by atoms with Gasteiger partial charge < -0.3 is 19.6 Å². The Morgan fingerprint density at radius 1 is 0.889 bits per heavy atom. The molecule has 0 radical (unpaired) electrons. The van der Waals surface area contributed by atoms with E-state index in [0.29, 0.717) is 37.7 Å². The van der Waals surface area contributed by atoms with Crippen LogP contribution in [0.5, 0.6) is 0 Å². The fourth-order valence-electron chi connectivity index (χ4n) is 6.90. The van der Waals surface area contributed by atoms with Gasteiger partial charge in [0.15, 0.2) is 0 Å². The minimum Gasteiger partial charge on any atom is -0.480 e. The molecule has 4 aliphatic rings. The molecule has 1 aromatic carbocycles. The normalized spacial score (nSPS) is 22.2. The van der Waals surface area contributed by atoms with Crippen molar-refractivity contribution >= 4 is 23.9 Å². The van der Waals surface area contributed by atoms with E-state index < -0.39 is 17.7 Å². The lowest BCUT2D eigenvalue weighted by Gasteiger charge is -2.38. The molecule has 248 valence electrons. The van der Waals surface area contributed by atoms with E-state index in [4.69, 9.17) is 9.84 Å². The van der Waals surface area contributed by atoms with Crippen molar-refractivity contribution in [2.75, 3.05) is 72.0 Å². The molecule has 3 saturated heterocycles. The van der Waals surface area contributed by atoms with Crippen LogP contribution in [0, 0.1) is 5.92 Å². The molecule has 3 aliphatic heterocycles. The first-order valence-corrected chi connectivity index (χ1v) is 16.8. The fourth-order valence-corrected chi connectivity index (χ4v) is 6.90. The van der Waals surface area contributed by atoms with E-state index in [2.05, 4.69) is 11.0 Å². The molecule has 45 heavy (non-hydrogen) atoms. The largest absolute Gasteiger partial charge is 0.480 e. The Balaban J connectivity index is 1.11. The van der Waals surface area contributed by atoms with Gasteiger partial charge in [0.2, 0.25) is 5.91 Å². The Kier molecular flexibility index (Phi) is 10.7. The van der Waals surface area contributed by atoms with E-state index in [1.165, 1.54) is 0 Å². The van der Waals surface area contributed by atoms with Gasteiger partial charge in [0.1, 0.15) is 12.1 Å². The molecular weight excluding hydrogens is 574 g/mol. The first kappa shape index (κ1) is 33.2. The average Bonchev–Trinajstić information content (AvgIpc) is 3.85. The Labute approximate surface area is 267 Å². The van der Waals surface area contributed by atoms with E-state index in [1.807, 2.05) is 53.7 Å². The van der Waals surface area contributed by atoms with Gasteiger partial charge in [-0.2, -0.15) is 0 Å². The quantitative estimate of drug-likeness (QED) is 0.445. The smallest absolute Gasteiger partial charge is 0.411 e. The number of carbonyl (C=O) groups excluding carboxylic acids is 3. The molecule has 11 heteroatoms. The predicted molar refractivity (Wildman–Crippen MR) is 170 cm³/mol. The highest BCUT2D eigenvalue weighted by Crippen LogP contribution is 2.31. The summed E-state index contributed by atoms with van der Waals surface area (Å²) in [5.41, 5.74) is 1.17. The Morgan fingerprint density at radius 3 is 2.24 bits per heavy atom. The molecule has 1 aliphatic carbocycles. The molecule has 4 fully saturated rings. The highest BCUT2D eigenvalue weighted by Gasteiger charge is 2.38. The van der Waals surface area contributed by atoms with Crippen molar-refractivity contribution in [3.63, 3.8) is 0 Å². The number of nitrogens with zero attached hydrogens (tertiary/aromatic N) is 5. The van der Waals surface area contributed by atoms with Gasteiger partial charge in [0.05, 0.1) is 6.54 Å². The van der Waals surface area contributed by atoms with E-state index in [-0.39, 0.29) is 36.9 Å². The summed E-state index contributed by atoms with van der Waals surface area (Å²) in [5, 5.41) is 9.03. The fraction of sp³-hybridized carbons (Fsp3) is 0.706. The van der Waals surface area contributed by atoms with Gasteiger partial charge in [-0.15, -0.1) is 0 Å². The van der Waals surface area contributed by atoms with Gasteiger partial charge in [0, 0.05) is 63.3 Å². The highest BCUT2D eigenvalue weighted by atomic mass is 16.6. The van der Waals surface area contributed by atoms with E-state index in [1.54, 1.807) is 4.90 Å². The van der Waals surface area contributed by atoms with Gasteiger partial charge in [-0.05, 0) is 96.0 Å². The molecule has 1 saturated carbocycles. The second-order valence-electron chi connectivity index (χ2n) is 14.3. The third-order valence-corrected chi connectivity index (χ3v) is 9.54. The van der Waals surface area contributed by atoms with Crippen LogP contribution in [0.2, 0.25) is 0 Å². The summed E-state index contributed by atoms with van der Waals surface area (Å²) in [6.07, 6.45) is 5.26. The molecule has 1 N–H and O–H groups in total. The van der Waals surface area contributed by atoms with Crippen LogP contribution in [0.1, 0.15) is 81.1 Å². The lowest BCUT2D eigenvalue weighted by atomic mass is 9.89. The summed E-state index contributed by atoms with van der Waals surface area (Å²) in [5.74, 6) is -0.0360. The van der Waals surface area contributed by atoms with Crippen LogP contribution in [0.3, 0.4) is 0 Å². The molecular formula is C34H51N5O6. The number of carbonyl (C=O) groups is 4. The number of ether oxygens (including phenoxy) is 1. The van der Waals surface area contributed by atoms with Crippen LogP contribution < -0.4 is 0 Å². The highest BCUT2D eigenvalue weighted by molar-refractivity contribution is 5.94.